The normalized spacial score (nSPS) is 39.9. The fraction of sp³-hybridized carbons (Fsp3) is 0.588. The Balaban J connectivity index is 1.84. The SMILES string of the molecule is CN1CC[C@@]23c4c5ccc(O)c4C[C@@H]1[C@@H]2CCC(=O)[C@@H]3O5. The lowest BCUT2D eigenvalue weighted by atomic mass is 9.51. The summed E-state index contributed by atoms with van der Waals surface area (Å²) in [6.45, 7) is 1.00. The molecular formula is C17H19NO3. The molecule has 2 aliphatic carbocycles. The minimum Gasteiger partial charge on any atom is -0.508 e. The Kier molecular flexibility index (Phi) is 2.07. The van der Waals surface area contributed by atoms with Crippen LogP contribution in [0.3, 0.4) is 0 Å². The number of nitrogens with zero attached hydrogens (tertiary/aromatic N) is 1. The van der Waals surface area contributed by atoms with E-state index in [1.165, 1.54) is 0 Å². The van der Waals surface area contributed by atoms with Crippen molar-refractivity contribution in [3.8, 4) is 11.5 Å². The van der Waals surface area contributed by atoms with Gasteiger partial charge in [0.2, 0.25) is 0 Å². The minimum atomic E-state index is -0.316. The molecule has 0 radical (unpaired) electrons. The minimum absolute atomic E-state index is 0.172. The zero-order valence-electron chi connectivity index (χ0n) is 12.1. The molecule has 4 nitrogen and oxygen atoms in total. The predicted octanol–water partition coefficient (Wildman–Crippen LogP) is 1.63. The summed E-state index contributed by atoms with van der Waals surface area (Å²) in [7, 11) is 2.17. The van der Waals surface area contributed by atoms with Crippen LogP contribution in [-0.4, -0.2) is 41.5 Å². The van der Waals surface area contributed by atoms with Gasteiger partial charge in [0, 0.05) is 29.0 Å². The van der Waals surface area contributed by atoms with Crippen molar-refractivity contribution < 1.29 is 14.6 Å². The smallest absolute Gasteiger partial charge is 0.174 e. The van der Waals surface area contributed by atoms with Gasteiger partial charge in [-0.1, -0.05) is 0 Å². The zero-order chi connectivity index (χ0) is 14.4. The van der Waals surface area contributed by atoms with Gasteiger partial charge in [-0.15, -0.1) is 0 Å². The lowest BCUT2D eigenvalue weighted by Gasteiger charge is -2.57. The van der Waals surface area contributed by atoms with Crippen LogP contribution in [0.15, 0.2) is 12.1 Å². The number of phenolic OH excluding ortho intramolecular Hbond substituents is 1. The van der Waals surface area contributed by atoms with Gasteiger partial charge < -0.3 is 14.7 Å². The van der Waals surface area contributed by atoms with Crippen LogP contribution in [0.25, 0.3) is 0 Å². The van der Waals surface area contributed by atoms with Crippen LogP contribution in [0.5, 0.6) is 11.5 Å². The molecule has 1 spiro atoms. The third-order valence-corrected chi connectivity index (χ3v) is 6.41. The number of benzene rings is 1. The molecule has 1 saturated carbocycles. The molecule has 1 N–H and O–H groups in total. The molecule has 0 unspecified atom stereocenters. The second-order valence-corrected chi connectivity index (χ2v) is 7.09. The Bertz CT molecular complexity index is 670. The molecule has 1 aromatic rings. The number of phenols is 1. The van der Waals surface area contributed by atoms with Crippen molar-refractivity contribution in [3.05, 3.63) is 23.3 Å². The lowest BCUT2D eigenvalue weighted by Crippen LogP contribution is -2.65. The first-order valence-electron chi connectivity index (χ1n) is 7.88. The highest BCUT2D eigenvalue weighted by Crippen LogP contribution is 2.62. The standard InChI is InChI=1S/C17H19NO3/c1-18-7-6-17-10-2-3-13(20)16(17)21-14-5-4-12(19)9(15(14)17)8-11(10)18/h4-5,10-11,16,19H,2-3,6-8H2,1H3/t10-,11+,16-,17-/m0/s1. The summed E-state index contributed by atoms with van der Waals surface area (Å²) in [5, 5.41) is 10.3. The van der Waals surface area contributed by atoms with Gasteiger partial charge in [-0.2, -0.15) is 0 Å². The van der Waals surface area contributed by atoms with Gasteiger partial charge in [-0.05, 0) is 50.9 Å². The fourth-order valence-electron chi connectivity index (χ4n) is 5.53. The van der Waals surface area contributed by atoms with Crippen LogP contribution < -0.4 is 4.74 Å². The van der Waals surface area contributed by atoms with Crippen LogP contribution in [0, 0.1) is 5.92 Å². The van der Waals surface area contributed by atoms with Gasteiger partial charge in [0.05, 0.1) is 0 Å². The number of carbonyl (C=O) groups is 1. The van der Waals surface area contributed by atoms with Crippen molar-refractivity contribution in [3.63, 3.8) is 0 Å². The molecule has 4 atom stereocenters. The first-order valence-corrected chi connectivity index (χ1v) is 7.88. The number of rotatable bonds is 0. The van der Waals surface area contributed by atoms with E-state index in [0.29, 0.717) is 24.1 Å². The van der Waals surface area contributed by atoms with Crippen molar-refractivity contribution in [1.29, 1.82) is 0 Å². The van der Waals surface area contributed by atoms with Crippen LogP contribution in [-0.2, 0) is 16.6 Å². The van der Waals surface area contributed by atoms with E-state index in [-0.39, 0.29) is 17.3 Å². The number of carbonyl (C=O) groups excluding carboxylic acids is 1. The highest BCUT2D eigenvalue weighted by molar-refractivity contribution is 5.89. The maximum absolute atomic E-state index is 12.5. The Labute approximate surface area is 123 Å². The summed E-state index contributed by atoms with van der Waals surface area (Å²) in [5.41, 5.74) is 2.01. The Morgan fingerprint density at radius 2 is 2.29 bits per heavy atom. The Hall–Kier alpha value is -1.55. The number of aromatic hydroxyl groups is 1. The Morgan fingerprint density at radius 3 is 3.14 bits per heavy atom. The van der Waals surface area contributed by atoms with Gasteiger partial charge >= 0.3 is 0 Å². The number of likely N-dealkylation sites (tertiary alicyclic amines) is 1. The van der Waals surface area contributed by atoms with Crippen molar-refractivity contribution in [1.82, 2.24) is 4.90 Å². The highest BCUT2D eigenvalue weighted by atomic mass is 16.5. The number of Topliss-reactive ketones (excluding diaryl/α,β-unsaturated/α-hetero) is 1. The summed E-state index contributed by atoms with van der Waals surface area (Å²) in [6, 6.07) is 4.00. The molecule has 0 amide bonds. The maximum atomic E-state index is 12.5. The van der Waals surface area contributed by atoms with Gasteiger partial charge in [-0.25, -0.2) is 0 Å². The summed E-state index contributed by atoms with van der Waals surface area (Å²) < 4.78 is 6.10. The van der Waals surface area contributed by atoms with Gasteiger partial charge in [0.15, 0.2) is 11.9 Å². The van der Waals surface area contributed by atoms with Crippen LogP contribution in [0.4, 0.5) is 0 Å². The molecule has 5 rings (SSSR count). The molecule has 1 aromatic carbocycles. The quantitative estimate of drug-likeness (QED) is 0.787. The highest BCUT2D eigenvalue weighted by Gasteiger charge is 2.65. The van der Waals surface area contributed by atoms with E-state index < -0.39 is 0 Å². The summed E-state index contributed by atoms with van der Waals surface area (Å²) in [6.07, 6.45) is 3.12. The van der Waals surface area contributed by atoms with E-state index in [1.54, 1.807) is 6.07 Å². The van der Waals surface area contributed by atoms with Crippen LogP contribution >= 0.6 is 0 Å². The van der Waals surface area contributed by atoms with Crippen molar-refractivity contribution in [2.45, 2.75) is 43.2 Å². The zero-order valence-corrected chi connectivity index (χ0v) is 12.1. The molecule has 2 fully saturated rings. The predicted molar refractivity (Wildman–Crippen MR) is 76.7 cm³/mol. The second kappa shape index (κ2) is 3.61. The first-order chi connectivity index (χ1) is 10.1. The molecule has 2 heterocycles. The van der Waals surface area contributed by atoms with E-state index in [9.17, 15) is 9.90 Å². The fourth-order valence-corrected chi connectivity index (χ4v) is 5.53. The number of hydrogen-bond acceptors (Lipinski definition) is 4. The first kappa shape index (κ1) is 12.0. The molecular weight excluding hydrogens is 266 g/mol. The second-order valence-electron chi connectivity index (χ2n) is 7.09. The molecule has 21 heavy (non-hydrogen) atoms. The number of ketones is 1. The van der Waals surface area contributed by atoms with Gasteiger partial charge in [-0.3, -0.25) is 4.79 Å². The van der Waals surface area contributed by atoms with Gasteiger partial charge in [0.25, 0.3) is 0 Å². The molecule has 2 bridgehead atoms. The number of piperidine rings is 1. The monoisotopic (exact) mass is 285 g/mol. The van der Waals surface area contributed by atoms with Crippen molar-refractivity contribution in [2.75, 3.05) is 13.6 Å². The Morgan fingerprint density at radius 1 is 1.43 bits per heavy atom. The summed E-state index contributed by atoms with van der Waals surface area (Å²) >= 11 is 0. The molecule has 4 aliphatic rings. The number of hydrogen-bond donors (Lipinski definition) is 1. The van der Waals surface area contributed by atoms with E-state index in [1.807, 2.05) is 6.07 Å². The van der Waals surface area contributed by atoms with Crippen LogP contribution in [0.1, 0.15) is 30.4 Å². The van der Waals surface area contributed by atoms with Gasteiger partial charge in [0.1, 0.15) is 11.5 Å². The molecule has 1 saturated heterocycles. The van der Waals surface area contributed by atoms with E-state index in [0.717, 1.165) is 42.7 Å². The largest absolute Gasteiger partial charge is 0.508 e. The number of ether oxygens (including phenoxy) is 1. The molecule has 2 aliphatic heterocycles. The molecule has 4 heteroatoms. The van der Waals surface area contributed by atoms with Crippen LogP contribution in [0.2, 0.25) is 0 Å². The average Bonchev–Trinajstić information content (AvgIpc) is 2.81. The number of likely N-dealkylation sites (N-methyl/N-ethyl adjacent to an activating group) is 1. The lowest BCUT2D eigenvalue weighted by molar-refractivity contribution is -0.138. The molecule has 0 aromatic heterocycles. The summed E-state index contributed by atoms with van der Waals surface area (Å²) in [5.74, 6) is 1.94. The molecule has 110 valence electrons. The summed E-state index contributed by atoms with van der Waals surface area (Å²) in [4.78, 5) is 14.9. The average molecular weight is 285 g/mol. The third kappa shape index (κ3) is 1.20. The topological polar surface area (TPSA) is 49.8 Å². The van der Waals surface area contributed by atoms with Crippen molar-refractivity contribution in [2.24, 2.45) is 5.92 Å². The van der Waals surface area contributed by atoms with E-state index >= 15 is 0 Å². The van der Waals surface area contributed by atoms with Crippen molar-refractivity contribution >= 4 is 5.78 Å². The van der Waals surface area contributed by atoms with E-state index in [2.05, 4.69) is 11.9 Å². The van der Waals surface area contributed by atoms with E-state index in [4.69, 9.17) is 4.74 Å². The third-order valence-electron chi connectivity index (χ3n) is 6.41. The maximum Gasteiger partial charge on any atom is 0.174 e.